The van der Waals surface area contributed by atoms with Crippen LogP contribution in [0.15, 0.2) is 333 Å². The first-order chi connectivity index (χ1) is 62.8. The fraction of sp³-hybridized carbons (Fsp3) is 0.150. The summed E-state index contributed by atoms with van der Waals surface area (Å²) in [5.74, 6) is 5.27. The van der Waals surface area contributed by atoms with Gasteiger partial charge in [0.25, 0.3) is 23.3 Å². The third-order valence-electron chi connectivity index (χ3n) is 25.5. The number of pyridine rings is 4. The van der Waals surface area contributed by atoms with Gasteiger partial charge in [-0.1, -0.05) is 198 Å². The molecule has 24 rings (SSSR count). The molecular formula is C113H98N12O4+4. The van der Waals surface area contributed by atoms with Crippen molar-refractivity contribution in [2.45, 2.75) is 81.6 Å². The molecule has 0 aliphatic heterocycles. The van der Waals surface area contributed by atoms with Crippen molar-refractivity contribution in [2.24, 2.45) is 34.1 Å². The molecule has 0 fully saturated rings. The lowest BCUT2D eigenvalue weighted by Crippen LogP contribution is -2.30. The number of benzene rings is 12. The molecule has 0 N–H and O–H groups in total. The predicted octanol–water partition coefficient (Wildman–Crippen LogP) is 25.8. The fourth-order valence-corrected chi connectivity index (χ4v) is 19.3. The molecule has 16 nitrogen and oxygen atoms in total. The summed E-state index contributed by atoms with van der Waals surface area (Å²) < 4.78 is 44.2. The van der Waals surface area contributed by atoms with Crippen LogP contribution in [-0.4, -0.2) is 38.2 Å². The number of aryl methyl sites for hydroxylation is 10. The molecule has 0 bridgehead atoms. The van der Waals surface area contributed by atoms with Gasteiger partial charge in [-0.15, -0.1) is 0 Å². The minimum absolute atomic E-state index is 0.349. The molecule has 0 amide bonds. The Morgan fingerprint density at radius 3 is 1.01 bits per heavy atom. The van der Waals surface area contributed by atoms with Gasteiger partial charge in [-0.2, -0.15) is 18.3 Å². The highest BCUT2D eigenvalue weighted by molar-refractivity contribution is 6.13. The number of para-hydroxylation sites is 12. The molecule has 0 atom stereocenters. The van der Waals surface area contributed by atoms with Gasteiger partial charge in [0, 0.05) is 66.4 Å². The van der Waals surface area contributed by atoms with E-state index in [0.29, 0.717) is 34.7 Å². The molecule has 129 heavy (non-hydrogen) atoms. The van der Waals surface area contributed by atoms with Crippen LogP contribution in [0.2, 0.25) is 0 Å². The maximum Gasteiger partial charge on any atom is 0.298 e. The van der Waals surface area contributed by atoms with Gasteiger partial charge >= 0.3 is 0 Å². The van der Waals surface area contributed by atoms with Gasteiger partial charge in [-0.3, -0.25) is 0 Å². The van der Waals surface area contributed by atoms with E-state index in [1.165, 1.54) is 61.1 Å². The van der Waals surface area contributed by atoms with Crippen LogP contribution >= 0.6 is 0 Å². The average molecular weight is 1690 g/mol. The Balaban J connectivity index is 0.000000104. The third-order valence-corrected chi connectivity index (χ3v) is 25.5. The number of furan rings is 4. The summed E-state index contributed by atoms with van der Waals surface area (Å²) in [6.45, 7) is 21.5. The van der Waals surface area contributed by atoms with Crippen LogP contribution in [0.5, 0.6) is 0 Å². The Labute approximate surface area is 746 Å². The van der Waals surface area contributed by atoms with Gasteiger partial charge in [0.15, 0.2) is 66.5 Å². The van der Waals surface area contributed by atoms with E-state index in [1.54, 1.807) is 6.20 Å². The summed E-state index contributed by atoms with van der Waals surface area (Å²) in [7, 11) is 8.52. The van der Waals surface area contributed by atoms with Gasteiger partial charge in [-0.25, -0.2) is 38.2 Å². The zero-order valence-electron chi connectivity index (χ0n) is 74.9. The fourth-order valence-electron chi connectivity index (χ4n) is 19.3. The lowest BCUT2D eigenvalue weighted by Gasteiger charge is -2.09. The molecule has 12 heterocycles. The van der Waals surface area contributed by atoms with E-state index < -0.39 is 0 Å². The van der Waals surface area contributed by atoms with E-state index in [0.717, 1.165) is 168 Å². The number of nitrogens with zero attached hydrogens (tertiary/aromatic N) is 12. The first-order valence-electron chi connectivity index (χ1n) is 44.3. The highest BCUT2D eigenvalue weighted by atomic mass is 16.4. The van der Waals surface area contributed by atoms with E-state index in [4.69, 9.17) is 27.6 Å². The molecule has 0 aliphatic carbocycles. The number of rotatable bonds is 11. The lowest BCUT2D eigenvalue weighted by atomic mass is 10.0. The first kappa shape index (κ1) is 80.4. The largest absolute Gasteiger partial charge is 0.437 e. The first-order valence-corrected chi connectivity index (χ1v) is 44.3. The molecule has 12 aromatic carbocycles. The zero-order chi connectivity index (χ0) is 88.3. The van der Waals surface area contributed by atoms with E-state index in [2.05, 4.69) is 428 Å². The Hall–Kier alpha value is -15.7. The minimum atomic E-state index is 0.349. The monoisotopic (exact) mass is 1690 g/mol. The van der Waals surface area contributed by atoms with Crippen molar-refractivity contribution in [3.63, 3.8) is 0 Å². The average Bonchev–Trinajstić information content (AvgIpc) is 1.58. The summed E-state index contributed by atoms with van der Waals surface area (Å²) in [5.41, 5.74) is 33.5. The van der Waals surface area contributed by atoms with Crippen molar-refractivity contribution < 1.29 is 35.9 Å². The van der Waals surface area contributed by atoms with Crippen molar-refractivity contribution in [2.75, 3.05) is 0 Å². The van der Waals surface area contributed by atoms with Gasteiger partial charge in [0.05, 0.1) is 28.2 Å². The van der Waals surface area contributed by atoms with Crippen molar-refractivity contribution in [1.82, 2.24) is 38.2 Å². The van der Waals surface area contributed by atoms with Gasteiger partial charge < -0.3 is 17.7 Å². The van der Waals surface area contributed by atoms with E-state index >= 15 is 0 Å². The minimum Gasteiger partial charge on any atom is -0.437 e. The van der Waals surface area contributed by atoms with E-state index in [9.17, 15) is 0 Å². The molecule has 630 valence electrons. The van der Waals surface area contributed by atoms with Gasteiger partial charge in [0.1, 0.15) is 45.0 Å². The molecule has 0 unspecified atom stereocenters. The van der Waals surface area contributed by atoms with Gasteiger partial charge in [-0.05, 0) is 227 Å². The Kier molecular flexibility index (Phi) is 20.2. The smallest absolute Gasteiger partial charge is 0.298 e. The molecule has 0 radical (unpaired) electrons. The summed E-state index contributed by atoms with van der Waals surface area (Å²) in [6, 6.07) is 108. The van der Waals surface area contributed by atoms with Crippen LogP contribution in [-0.2, 0) is 34.6 Å². The molecule has 0 spiro atoms. The Morgan fingerprint density at radius 2 is 0.605 bits per heavy atom. The quantitative estimate of drug-likeness (QED) is 0.117. The topological polar surface area (TPSA) is 139 Å². The number of aromatic nitrogens is 12. The summed E-state index contributed by atoms with van der Waals surface area (Å²) in [4.78, 5) is 18.8. The standard InChI is InChI=1S/C30H28N3O.C29H26N3O.2C27H22N3O/c1-19(2)18-21-15-17-24-23-16-14-20(3)27(28(23)34-29(24)31-21)30-32(4)25-12-8-9-13-26(25)33(30)22-10-6-5-7-11-22;1-18(2)23-17-16-22-21-15-14-19(3)26(27(21)33-28(22)30-23)29-31(4)24-12-8-9-13-25(24)32(29)20-10-6-5-7-11-20;1-17-9-4-5-11-21(17)30-23-13-7-6-12-22(23)29(3)27(30)24-18(2)14-15-19-20-10-8-16-28-26(20)31-25(19)24;1-17-13-15-20-21-16-14-18(2)28-26(21)31-25(20)24(17)27-29(3)22-11-7-8-12-23(22)30(27)19-9-5-4-6-10-19/h5-17,19H,18H2,1-4H3;5-18H,1-4H3;2*4-16H,1-3H3/q4*+1. The van der Waals surface area contributed by atoms with Crippen molar-refractivity contribution in [1.29, 1.82) is 0 Å². The number of imidazole rings is 4. The van der Waals surface area contributed by atoms with E-state index in [1.807, 2.05) is 25.1 Å². The zero-order valence-corrected chi connectivity index (χ0v) is 74.9. The third kappa shape index (κ3) is 13.6. The molecule has 0 saturated carbocycles. The maximum atomic E-state index is 6.55. The summed E-state index contributed by atoms with van der Waals surface area (Å²) in [5, 5.41) is 8.59. The summed E-state index contributed by atoms with van der Waals surface area (Å²) >= 11 is 0. The number of hydrogen-bond donors (Lipinski definition) is 0. The second-order valence-corrected chi connectivity index (χ2v) is 34.7. The van der Waals surface area contributed by atoms with E-state index in [-0.39, 0.29) is 0 Å². The molecular weight excluding hydrogens is 1590 g/mol. The van der Waals surface area contributed by atoms with Crippen LogP contribution < -0.4 is 18.3 Å². The second kappa shape index (κ2) is 32.4. The highest BCUT2D eigenvalue weighted by Gasteiger charge is 2.37. The van der Waals surface area contributed by atoms with Crippen molar-refractivity contribution in [3.05, 3.63) is 360 Å². The molecule has 16 heteroatoms. The second-order valence-electron chi connectivity index (χ2n) is 34.7. The molecule has 12 aromatic heterocycles. The predicted molar refractivity (Wildman–Crippen MR) is 521 cm³/mol. The molecule has 0 aliphatic rings. The molecule has 24 aromatic rings. The molecule has 0 saturated heterocycles. The lowest BCUT2D eigenvalue weighted by molar-refractivity contribution is -0.633. The Morgan fingerprint density at radius 1 is 0.279 bits per heavy atom. The normalized spacial score (nSPS) is 11.8. The van der Waals surface area contributed by atoms with Crippen LogP contribution in [0.3, 0.4) is 0 Å². The van der Waals surface area contributed by atoms with Crippen LogP contribution in [0.25, 0.3) is 201 Å². The van der Waals surface area contributed by atoms with Crippen LogP contribution in [0, 0.1) is 47.5 Å². The van der Waals surface area contributed by atoms with Gasteiger partial charge in [0.2, 0.25) is 22.9 Å². The maximum absolute atomic E-state index is 6.55. The van der Waals surface area contributed by atoms with Crippen molar-refractivity contribution >= 4 is 132 Å². The number of hydrogen-bond acceptors (Lipinski definition) is 8. The van der Waals surface area contributed by atoms with Crippen LogP contribution in [0.4, 0.5) is 0 Å². The highest BCUT2D eigenvalue weighted by Crippen LogP contribution is 2.45. The number of fused-ring (bicyclic) bond motifs is 16. The summed E-state index contributed by atoms with van der Waals surface area (Å²) in [6.07, 6.45) is 2.72. The Bertz CT molecular complexity index is 8540. The van der Waals surface area contributed by atoms with Crippen molar-refractivity contribution in [3.8, 4) is 68.3 Å². The van der Waals surface area contributed by atoms with Crippen LogP contribution in [0.1, 0.15) is 78.5 Å². The SMILES string of the molecule is Cc1ccc2c(n1)oc1c(-c3n(-c4ccccc4)c4ccccc4[n+]3C)c(C)ccc12.Cc1ccc2c(oc3nc(C(C)C)ccc32)c1-c1n(-c2ccccc2)c2ccccc2[n+]1C.Cc1ccc2c(oc3nc(CC(C)C)ccc32)c1-c1n(-c2ccccc2)c2ccccc2[n+]1C.Cc1ccccc1-n1c(-c2c(C)ccc3c2oc2ncccc23)[n+](C)c2ccccc21.